The number of hydrogen-bond donors (Lipinski definition) is 2. The number of nitrogens with zero attached hydrogens (tertiary/aromatic N) is 2. The van der Waals surface area contributed by atoms with Crippen LogP contribution in [0.4, 0.5) is 25.1 Å². The molecule has 0 aliphatic carbocycles. The second-order valence-corrected chi connectivity index (χ2v) is 10.1. The molecular formula is C26H32F2N4O4. The van der Waals surface area contributed by atoms with Crippen LogP contribution in [-0.4, -0.2) is 39.9 Å². The molecule has 1 aliphatic heterocycles. The van der Waals surface area contributed by atoms with Gasteiger partial charge in [0.1, 0.15) is 11.4 Å². The molecule has 2 heterocycles. The molecule has 194 valence electrons. The summed E-state index contributed by atoms with van der Waals surface area (Å²) in [5.74, 6) is -1.07. The minimum atomic E-state index is -2.57. The number of aryl methyl sites for hydroxylation is 1. The quantitative estimate of drug-likeness (QED) is 0.529. The Hall–Kier alpha value is -3.56. The molecule has 3 amide bonds. The van der Waals surface area contributed by atoms with Gasteiger partial charge < -0.3 is 15.0 Å². The lowest BCUT2D eigenvalue weighted by atomic mass is 9.89. The van der Waals surface area contributed by atoms with Crippen molar-refractivity contribution in [3.63, 3.8) is 0 Å². The zero-order chi connectivity index (χ0) is 26.6. The van der Waals surface area contributed by atoms with Crippen molar-refractivity contribution in [3.8, 4) is 0 Å². The van der Waals surface area contributed by atoms with Gasteiger partial charge in [0.05, 0.1) is 17.9 Å². The van der Waals surface area contributed by atoms with E-state index in [1.54, 1.807) is 45.9 Å². The largest absolute Gasteiger partial charge is 0.444 e. The summed E-state index contributed by atoms with van der Waals surface area (Å²) in [5, 5.41) is 5.13. The van der Waals surface area contributed by atoms with E-state index >= 15 is 0 Å². The maximum Gasteiger partial charge on any atom is 0.413 e. The monoisotopic (exact) mass is 502 g/mol. The first-order valence-electron chi connectivity index (χ1n) is 11.8. The zero-order valence-corrected chi connectivity index (χ0v) is 21.1. The summed E-state index contributed by atoms with van der Waals surface area (Å²) in [7, 11) is 0. The Morgan fingerprint density at radius 3 is 2.36 bits per heavy atom. The number of benzene rings is 1. The minimum absolute atomic E-state index is 0.0916. The van der Waals surface area contributed by atoms with E-state index in [0.29, 0.717) is 29.8 Å². The SMILES string of the molecule is Cc1cc(NC(=O)C(=O)N2C[C@H](C)CC[C@H]2c2ccc(C(F)F)cc2)cnc1NC(=O)OC(C)(C)C. The zero-order valence-electron chi connectivity index (χ0n) is 21.1. The molecule has 0 saturated carbocycles. The summed E-state index contributed by atoms with van der Waals surface area (Å²) < 4.78 is 31.1. The Kier molecular flexibility index (Phi) is 8.27. The van der Waals surface area contributed by atoms with E-state index in [4.69, 9.17) is 4.74 Å². The predicted octanol–water partition coefficient (Wildman–Crippen LogP) is 5.61. The molecule has 10 heteroatoms. The average molecular weight is 503 g/mol. The lowest BCUT2D eigenvalue weighted by Crippen LogP contribution is -2.46. The summed E-state index contributed by atoms with van der Waals surface area (Å²) in [4.78, 5) is 43.6. The molecule has 36 heavy (non-hydrogen) atoms. The van der Waals surface area contributed by atoms with Gasteiger partial charge in [-0.05, 0) is 63.6 Å². The fourth-order valence-corrected chi connectivity index (χ4v) is 4.08. The molecule has 2 atom stereocenters. The highest BCUT2D eigenvalue weighted by atomic mass is 19.3. The van der Waals surface area contributed by atoms with Gasteiger partial charge in [-0.3, -0.25) is 14.9 Å². The van der Waals surface area contributed by atoms with Gasteiger partial charge in [-0.1, -0.05) is 31.2 Å². The number of carbonyl (C=O) groups excluding carboxylic acids is 3. The van der Waals surface area contributed by atoms with Gasteiger partial charge >= 0.3 is 17.9 Å². The van der Waals surface area contributed by atoms with Crippen LogP contribution in [0, 0.1) is 12.8 Å². The van der Waals surface area contributed by atoms with Crippen molar-refractivity contribution in [1.82, 2.24) is 9.88 Å². The Balaban J connectivity index is 1.71. The molecule has 2 aromatic rings. The number of aromatic nitrogens is 1. The van der Waals surface area contributed by atoms with Crippen LogP contribution < -0.4 is 10.6 Å². The fraction of sp³-hybridized carbons (Fsp3) is 0.462. The topological polar surface area (TPSA) is 101 Å². The summed E-state index contributed by atoms with van der Waals surface area (Å²) in [6, 6.07) is 7.08. The van der Waals surface area contributed by atoms with E-state index in [2.05, 4.69) is 15.6 Å². The second kappa shape index (κ2) is 11.0. The number of nitrogens with one attached hydrogen (secondary N) is 2. The third-order valence-electron chi connectivity index (χ3n) is 5.80. The van der Waals surface area contributed by atoms with Gasteiger partial charge in [0.25, 0.3) is 6.43 Å². The van der Waals surface area contributed by atoms with Gasteiger partial charge in [-0.2, -0.15) is 0 Å². The first kappa shape index (κ1) is 27.0. The number of hydrogen-bond acceptors (Lipinski definition) is 5. The lowest BCUT2D eigenvalue weighted by molar-refractivity contribution is -0.146. The third-order valence-corrected chi connectivity index (χ3v) is 5.80. The van der Waals surface area contributed by atoms with Crippen LogP contribution >= 0.6 is 0 Å². The number of piperidine rings is 1. The number of anilines is 2. The number of halogens is 2. The maximum atomic E-state index is 13.1. The van der Waals surface area contributed by atoms with Crippen LogP contribution in [0.15, 0.2) is 36.5 Å². The smallest absolute Gasteiger partial charge is 0.413 e. The summed E-state index contributed by atoms with van der Waals surface area (Å²) in [6.45, 7) is 9.31. The molecule has 2 N–H and O–H groups in total. The van der Waals surface area contributed by atoms with Crippen molar-refractivity contribution in [2.24, 2.45) is 5.92 Å². The highest BCUT2D eigenvalue weighted by Gasteiger charge is 2.34. The van der Waals surface area contributed by atoms with Crippen LogP contribution in [0.1, 0.15) is 69.7 Å². The van der Waals surface area contributed by atoms with Crippen molar-refractivity contribution >= 4 is 29.4 Å². The predicted molar refractivity (Wildman–Crippen MR) is 132 cm³/mol. The molecular weight excluding hydrogens is 470 g/mol. The van der Waals surface area contributed by atoms with E-state index in [-0.39, 0.29) is 23.3 Å². The van der Waals surface area contributed by atoms with Crippen molar-refractivity contribution in [3.05, 3.63) is 53.2 Å². The molecule has 0 bridgehead atoms. The molecule has 1 aromatic carbocycles. The van der Waals surface area contributed by atoms with Crippen LogP contribution in [0.3, 0.4) is 0 Å². The minimum Gasteiger partial charge on any atom is -0.444 e. The maximum absolute atomic E-state index is 13.1. The molecule has 0 unspecified atom stereocenters. The normalized spacial score (nSPS) is 18.1. The molecule has 1 aliphatic rings. The van der Waals surface area contributed by atoms with E-state index in [9.17, 15) is 23.2 Å². The van der Waals surface area contributed by atoms with E-state index in [0.717, 1.165) is 6.42 Å². The lowest BCUT2D eigenvalue weighted by Gasteiger charge is -2.38. The Labute approximate surface area is 209 Å². The summed E-state index contributed by atoms with van der Waals surface area (Å²) in [6.07, 6.45) is -0.417. The Morgan fingerprint density at radius 1 is 1.11 bits per heavy atom. The standard InChI is InChI=1S/C26H32F2N4O4/c1-15-6-11-20(17-7-9-18(10-8-17)21(27)28)32(14-15)24(34)23(33)30-19-12-16(2)22(29-13-19)31-25(35)36-26(3,4)5/h7-10,12-13,15,20-21H,6,11,14H2,1-5H3,(H,30,33)(H,29,31,35)/t15-,20+/m1/s1. The molecule has 0 radical (unpaired) electrons. The van der Waals surface area contributed by atoms with E-state index < -0.39 is 29.9 Å². The molecule has 8 nitrogen and oxygen atoms in total. The van der Waals surface area contributed by atoms with Crippen LogP contribution in [0.2, 0.25) is 0 Å². The highest BCUT2D eigenvalue weighted by Crippen LogP contribution is 2.34. The first-order chi connectivity index (χ1) is 16.8. The number of ether oxygens (including phenoxy) is 1. The van der Waals surface area contributed by atoms with Gasteiger partial charge in [-0.25, -0.2) is 18.6 Å². The molecule has 0 spiro atoms. The molecule has 1 saturated heterocycles. The van der Waals surface area contributed by atoms with Crippen LogP contribution in [0.5, 0.6) is 0 Å². The van der Waals surface area contributed by atoms with E-state index in [1.165, 1.54) is 23.2 Å². The Bertz CT molecular complexity index is 1120. The molecule has 3 rings (SSSR count). The number of pyridine rings is 1. The molecule has 1 aromatic heterocycles. The number of likely N-dealkylation sites (tertiary alicyclic amines) is 1. The first-order valence-corrected chi connectivity index (χ1v) is 11.8. The van der Waals surface area contributed by atoms with Crippen molar-refractivity contribution in [2.45, 2.75) is 65.5 Å². The number of carbonyl (C=O) groups is 3. The summed E-state index contributed by atoms with van der Waals surface area (Å²) >= 11 is 0. The summed E-state index contributed by atoms with van der Waals surface area (Å²) in [5.41, 5.74) is 0.813. The third kappa shape index (κ3) is 6.99. The van der Waals surface area contributed by atoms with Crippen molar-refractivity contribution in [1.29, 1.82) is 0 Å². The average Bonchev–Trinajstić information content (AvgIpc) is 2.79. The van der Waals surface area contributed by atoms with Crippen molar-refractivity contribution in [2.75, 3.05) is 17.2 Å². The van der Waals surface area contributed by atoms with Gasteiger partial charge in [0.15, 0.2) is 0 Å². The van der Waals surface area contributed by atoms with Gasteiger partial charge in [0.2, 0.25) is 0 Å². The second-order valence-electron chi connectivity index (χ2n) is 10.1. The van der Waals surface area contributed by atoms with Crippen LogP contribution in [0.25, 0.3) is 0 Å². The fourth-order valence-electron chi connectivity index (χ4n) is 4.08. The van der Waals surface area contributed by atoms with E-state index in [1.807, 2.05) is 6.92 Å². The van der Waals surface area contributed by atoms with Crippen LogP contribution in [-0.2, 0) is 14.3 Å². The number of alkyl halides is 2. The molecule has 1 fully saturated rings. The van der Waals surface area contributed by atoms with Gasteiger partial charge in [0, 0.05) is 12.1 Å². The van der Waals surface area contributed by atoms with Gasteiger partial charge in [-0.15, -0.1) is 0 Å². The number of amides is 3. The Morgan fingerprint density at radius 2 is 1.78 bits per heavy atom. The number of rotatable bonds is 4. The highest BCUT2D eigenvalue weighted by molar-refractivity contribution is 6.39. The van der Waals surface area contributed by atoms with Crippen molar-refractivity contribution < 1.29 is 27.9 Å².